The van der Waals surface area contributed by atoms with Crippen molar-refractivity contribution in [2.45, 2.75) is 66.2 Å². The Kier molecular flexibility index (Phi) is 11.5. The molecule has 0 N–H and O–H groups in total. The number of halogens is 2. The SMILES string of the molecule is CC(C)(C)c1ccc2c(c1)[cH-]c1cc(C(C)(C)C)ccc12.Cc1cc(C)c2[cH-]ccc2c1.[Cl][Zr]([Cl])=[C](c1ccccc1)c1ccccc1. The molecule has 0 spiro atoms. The average molecular weight is 749 g/mol. The maximum atomic E-state index is 6.24. The molecule has 0 radical (unpaired) electrons. The molecule has 7 aromatic carbocycles. The molecule has 48 heavy (non-hydrogen) atoms. The summed E-state index contributed by atoms with van der Waals surface area (Å²) < 4.78 is 1.15. The van der Waals surface area contributed by atoms with E-state index in [2.05, 4.69) is 152 Å². The summed E-state index contributed by atoms with van der Waals surface area (Å²) in [5.41, 5.74) is 8.23. The van der Waals surface area contributed by atoms with E-state index in [1.165, 1.54) is 54.6 Å². The van der Waals surface area contributed by atoms with Crippen molar-refractivity contribution in [1.29, 1.82) is 0 Å². The van der Waals surface area contributed by atoms with Crippen molar-refractivity contribution < 1.29 is 18.9 Å². The Labute approximate surface area is 302 Å². The molecule has 246 valence electrons. The van der Waals surface area contributed by atoms with Crippen LogP contribution in [0.3, 0.4) is 0 Å². The molecule has 0 fully saturated rings. The van der Waals surface area contributed by atoms with E-state index in [9.17, 15) is 0 Å². The molecule has 0 unspecified atom stereocenters. The summed E-state index contributed by atoms with van der Waals surface area (Å²) >= 11 is -2.44. The van der Waals surface area contributed by atoms with Crippen LogP contribution in [0.4, 0.5) is 0 Å². The molecule has 0 bridgehead atoms. The van der Waals surface area contributed by atoms with Crippen LogP contribution in [0.15, 0.2) is 133 Å². The predicted molar refractivity (Wildman–Crippen MR) is 211 cm³/mol. The standard InChI is InChI=1S/C21H25.C13H10.C11H11.2ClH.Zr/c1-20(2,3)16-7-9-18-14(12-16)11-15-13-17(21(4,5)6)8-10-19(15)18;1-3-7-12(8-4-1)11-13-9-5-2-6-10-13;1-8-6-9(2)11-5-3-4-10(11)7-8;;;/h7-13H,1-6H3;1-10H;3-7H,1-2H3;2*1H;/q-1;;-1;;;+2/p-2. The van der Waals surface area contributed by atoms with Gasteiger partial charge in [0.2, 0.25) is 0 Å². The molecule has 0 aromatic heterocycles. The van der Waals surface area contributed by atoms with Crippen molar-refractivity contribution in [3.05, 3.63) is 167 Å². The van der Waals surface area contributed by atoms with Crippen LogP contribution in [0.1, 0.15) is 74.9 Å². The van der Waals surface area contributed by atoms with Gasteiger partial charge in [-0.05, 0) is 17.8 Å². The van der Waals surface area contributed by atoms with Crippen molar-refractivity contribution in [2.75, 3.05) is 0 Å². The van der Waals surface area contributed by atoms with Gasteiger partial charge in [-0.3, -0.25) is 0 Å². The summed E-state index contributed by atoms with van der Waals surface area (Å²) in [6.07, 6.45) is 0. The molecule has 0 heterocycles. The molecule has 0 aliphatic rings. The van der Waals surface area contributed by atoms with Gasteiger partial charge in [0.1, 0.15) is 0 Å². The van der Waals surface area contributed by atoms with Gasteiger partial charge in [-0.1, -0.05) is 95.5 Å². The van der Waals surface area contributed by atoms with Crippen LogP contribution >= 0.6 is 17.0 Å². The van der Waals surface area contributed by atoms with Crippen LogP contribution in [0.2, 0.25) is 0 Å². The fraction of sp³-hybridized carbons (Fsp3) is 0.222. The van der Waals surface area contributed by atoms with Gasteiger partial charge < -0.3 is 0 Å². The van der Waals surface area contributed by atoms with Crippen molar-refractivity contribution in [1.82, 2.24) is 0 Å². The number of hydrogen-bond donors (Lipinski definition) is 0. The van der Waals surface area contributed by atoms with E-state index < -0.39 is 18.9 Å². The minimum atomic E-state index is -2.44. The number of benzene rings is 5. The van der Waals surface area contributed by atoms with Gasteiger partial charge in [0.15, 0.2) is 0 Å². The first-order valence-electron chi connectivity index (χ1n) is 16.7. The Morgan fingerprint density at radius 2 is 1.06 bits per heavy atom. The minimum absolute atomic E-state index is 0.203. The molecule has 0 nitrogen and oxygen atoms in total. The fourth-order valence-corrected chi connectivity index (χ4v) is 10.6. The number of aryl methyl sites for hydroxylation is 2. The first-order chi connectivity index (χ1) is 22.7. The first kappa shape index (κ1) is 36.2. The summed E-state index contributed by atoms with van der Waals surface area (Å²) in [5.74, 6) is 0. The number of rotatable bonds is 2. The Morgan fingerprint density at radius 3 is 1.50 bits per heavy atom. The molecule has 3 heteroatoms. The Bertz CT molecular complexity index is 2050. The summed E-state index contributed by atoms with van der Waals surface area (Å²) in [5, 5.41) is 8.22. The Hall–Kier alpha value is -3.09. The Balaban J connectivity index is 0.000000148. The third kappa shape index (κ3) is 8.73. The fourth-order valence-electron chi connectivity index (χ4n) is 6.18. The molecule has 0 amide bonds. The molecular weight excluding hydrogens is 703 g/mol. The molecule has 0 saturated heterocycles. The van der Waals surface area contributed by atoms with Crippen LogP contribution in [-0.2, 0) is 29.7 Å². The van der Waals surface area contributed by atoms with Crippen LogP contribution in [0.5, 0.6) is 0 Å². The first-order valence-corrected chi connectivity index (χ1v) is 24.2. The average Bonchev–Trinajstić information content (AvgIpc) is 3.66. The summed E-state index contributed by atoms with van der Waals surface area (Å²) in [6, 6.07) is 47.4. The van der Waals surface area contributed by atoms with E-state index in [0.29, 0.717) is 0 Å². The molecular formula is C45H46Cl2Zr-2. The van der Waals surface area contributed by atoms with Crippen molar-refractivity contribution in [3.8, 4) is 0 Å². The van der Waals surface area contributed by atoms with Gasteiger partial charge in [-0.15, -0.1) is 68.2 Å². The van der Waals surface area contributed by atoms with E-state index in [0.717, 1.165) is 14.3 Å². The Morgan fingerprint density at radius 1 is 0.583 bits per heavy atom. The van der Waals surface area contributed by atoms with E-state index >= 15 is 0 Å². The van der Waals surface area contributed by atoms with Crippen LogP contribution in [0, 0.1) is 13.8 Å². The van der Waals surface area contributed by atoms with Crippen LogP contribution in [-0.4, -0.2) is 3.21 Å². The van der Waals surface area contributed by atoms with Crippen molar-refractivity contribution in [3.63, 3.8) is 0 Å². The van der Waals surface area contributed by atoms with Gasteiger partial charge in [-0.25, -0.2) is 0 Å². The summed E-state index contributed by atoms with van der Waals surface area (Å²) in [4.78, 5) is 0. The predicted octanol–water partition coefficient (Wildman–Crippen LogP) is 13.7. The third-order valence-electron chi connectivity index (χ3n) is 8.85. The molecule has 7 rings (SSSR count). The van der Waals surface area contributed by atoms with Gasteiger partial charge in [0.25, 0.3) is 0 Å². The molecule has 0 aliphatic heterocycles. The summed E-state index contributed by atoms with van der Waals surface area (Å²) in [7, 11) is 12.5. The van der Waals surface area contributed by atoms with E-state index in [-0.39, 0.29) is 10.8 Å². The summed E-state index contributed by atoms with van der Waals surface area (Å²) in [6.45, 7) is 17.9. The van der Waals surface area contributed by atoms with E-state index in [1.54, 1.807) is 0 Å². The molecule has 7 aromatic rings. The third-order valence-corrected chi connectivity index (χ3v) is 13.4. The normalized spacial score (nSPS) is 11.5. The van der Waals surface area contributed by atoms with Crippen LogP contribution < -0.4 is 0 Å². The second-order valence-electron chi connectivity index (χ2n) is 14.7. The monoisotopic (exact) mass is 746 g/mol. The zero-order valence-electron chi connectivity index (χ0n) is 29.5. The zero-order chi connectivity index (χ0) is 34.6. The van der Waals surface area contributed by atoms with Crippen molar-refractivity contribution >= 4 is 52.5 Å². The van der Waals surface area contributed by atoms with Gasteiger partial charge in [0.05, 0.1) is 0 Å². The van der Waals surface area contributed by atoms with Gasteiger partial charge in [0, 0.05) is 0 Å². The zero-order valence-corrected chi connectivity index (χ0v) is 33.4. The molecule has 0 saturated carbocycles. The van der Waals surface area contributed by atoms with Gasteiger partial charge in [-0.2, -0.15) is 12.1 Å². The van der Waals surface area contributed by atoms with Gasteiger partial charge >= 0.3 is 111 Å². The second kappa shape index (κ2) is 15.2. The maximum absolute atomic E-state index is 6.24. The molecule has 0 atom stereocenters. The van der Waals surface area contributed by atoms with Crippen molar-refractivity contribution in [2.24, 2.45) is 0 Å². The van der Waals surface area contributed by atoms with E-state index in [1.807, 2.05) is 36.4 Å². The second-order valence-corrected chi connectivity index (χ2v) is 22.9. The quantitative estimate of drug-likeness (QED) is 0.154. The van der Waals surface area contributed by atoms with Crippen LogP contribution in [0.25, 0.3) is 32.3 Å². The topological polar surface area (TPSA) is 0 Å². The number of hydrogen-bond acceptors (Lipinski definition) is 0. The van der Waals surface area contributed by atoms with E-state index in [4.69, 9.17) is 17.0 Å². The number of fused-ring (bicyclic) bond motifs is 4. The molecule has 0 aliphatic carbocycles.